The summed E-state index contributed by atoms with van der Waals surface area (Å²) < 4.78 is 1.05. The summed E-state index contributed by atoms with van der Waals surface area (Å²) in [7, 11) is 0. The van der Waals surface area contributed by atoms with Crippen molar-refractivity contribution in [3.8, 4) is 11.4 Å². The van der Waals surface area contributed by atoms with Crippen LogP contribution in [0.5, 0.6) is 0 Å². The number of nitrogens with zero attached hydrogens (tertiary/aromatic N) is 3. The minimum Gasteiger partial charge on any atom is -0.335 e. The molecule has 6 heteroatoms. The van der Waals surface area contributed by atoms with E-state index in [0.29, 0.717) is 0 Å². The first-order valence-electron chi connectivity index (χ1n) is 6.86. The predicted molar refractivity (Wildman–Crippen MR) is 83.5 cm³/mol. The van der Waals surface area contributed by atoms with Gasteiger partial charge in [-0.3, -0.25) is 5.10 Å². The van der Waals surface area contributed by atoms with Crippen LogP contribution in [0.2, 0.25) is 0 Å². The molecule has 1 aliphatic rings. The van der Waals surface area contributed by atoms with Gasteiger partial charge in [0.05, 0.1) is 0 Å². The molecule has 2 unspecified atom stereocenters. The lowest BCUT2D eigenvalue weighted by Crippen LogP contribution is -2.50. The SMILES string of the molecule is CC1C(N)CCCN1c1n[nH]c(-c2ccc(Br)cc2)n1. The third kappa shape index (κ3) is 2.58. The molecular formula is C14H18BrN5. The molecule has 1 aromatic heterocycles. The lowest BCUT2D eigenvalue weighted by molar-refractivity contribution is 0.416. The molecule has 1 fully saturated rings. The van der Waals surface area contributed by atoms with Crippen molar-refractivity contribution in [3.63, 3.8) is 0 Å². The number of nitrogens with one attached hydrogen (secondary N) is 1. The Morgan fingerprint density at radius 3 is 2.85 bits per heavy atom. The van der Waals surface area contributed by atoms with E-state index in [1.807, 2.05) is 24.3 Å². The fraction of sp³-hybridized carbons (Fsp3) is 0.429. The molecule has 2 atom stereocenters. The van der Waals surface area contributed by atoms with E-state index in [4.69, 9.17) is 5.73 Å². The fourth-order valence-corrected chi connectivity index (χ4v) is 2.84. The average Bonchev–Trinajstić information content (AvgIpc) is 2.92. The largest absolute Gasteiger partial charge is 0.335 e. The Morgan fingerprint density at radius 1 is 1.35 bits per heavy atom. The number of halogens is 1. The Hall–Kier alpha value is -1.40. The van der Waals surface area contributed by atoms with E-state index < -0.39 is 0 Å². The number of aromatic amines is 1. The third-order valence-corrected chi connectivity index (χ3v) is 4.42. The summed E-state index contributed by atoms with van der Waals surface area (Å²) in [5.74, 6) is 1.53. The summed E-state index contributed by atoms with van der Waals surface area (Å²) in [6.45, 7) is 3.10. The molecule has 2 heterocycles. The summed E-state index contributed by atoms with van der Waals surface area (Å²) >= 11 is 3.43. The van der Waals surface area contributed by atoms with Crippen LogP contribution in [0.25, 0.3) is 11.4 Å². The maximum atomic E-state index is 6.13. The molecule has 0 saturated carbocycles. The Bertz CT molecular complexity index is 580. The van der Waals surface area contributed by atoms with E-state index in [0.717, 1.165) is 41.2 Å². The summed E-state index contributed by atoms with van der Waals surface area (Å²) in [4.78, 5) is 6.79. The van der Waals surface area contributed by atoms with Gasteiger partial charge in [-0.1, -0.05) is 28.1 Å². The van der Waals surface area contributed by atoms with E-state index in [1.165, 1.54) is 0 Å². The van der Waals surface area contributed by atoms with E-state index in [9.17, 15) is 0 Å². The van der Waals surface area contributed by atoms with Crippen LogP contribution in [0, 0.1) is 0 Å². The van der Waals surface area contributed by atoms with Gasteiger partial charge in [0.2, 0.25) is 5.95 Å². The summed E-state index contributed by atoms with van der Waals surface area (Å²) in [6, 6.07) is 8.49. The molecule has 1 aliphatic heterocycles. The fourth-order valence-electron chi connectivity index (χ4n) is 2.57. The molecule has 0 spiro atoms. The number of anilines is 1. The zero-order valence-corrected chi connectivity index (χ0v) is 13.0. The summed E-state index contributed by atoms with van der Waals surface area (Å²) in [6.07, 6.45) is 2.16. The van der Waals surface area contributed by atoms with Crippen molar-refractivity contribution in [2.24, 2.45) is 5.73 Å². The molecule has 3 rings (SSSR count). The van der Waals surface area contributed by atoms with E-state index >= 15 is 0 Å². The molecule has 0 bridgehead atoms. The van der Waals surface area contributed by atoms with Gasteiger partial charge in [0, 0.05) is 28.7 Å². The monoisotopic (exact) mass is 335 g/mol. The second kappa shape index (κ2) is 5.54. The van der Waals surface area contributed by atoms with Crippen molar-refractivity contribution < 1.29 is 0 Å². The predicted octanol–water partition coefficient (Wildman–Crippen LogP) is 2.55. The van der Waals surface area contributed by atoms with Gasteiger partial charge in [-0.2, -0.15) is 4.98 Å². The highest BCUT2D eigenvalue weighted by Crippen LogP contribution is 2.24. The first kappa shape index (κ1) is 13.6. The molecule has 106 valence electrons. The third-order valence-electron chi connectivity index (χ3n) is 3.90. The summed E-state index contributed by atoms with van der Waals surface area (Å²) in [5.41, 5.74) is 7.16. The molecule has 5 nitrogen and oxygen atoms in total. The molecule has 1 aromatic carbocycles. The Morgan fingerprint density at radius 2 is 2.10 bits per heavy atom. The lowest BCUT2D eigenvalue weighted by atomic mass is 9.99. The number of piperidine rings is 1. The van der Waals surface area contributed by atoms with Gasteiger partial charge in [0.25, 0.3) is 0 Å². The van der Waals surface area contributed by atoms with Crippen LogP contribution in [0.4, 0.5) is 5.95 Å². The van der Waals surface area contributed by atoms with Crippen LogP contribution in [-0.4, -0.2) is 33.8 Å². The molecule has 20 heavy (non-hydrogen) atoms. The molecule has 1 saturated heterocycles. The molecule has 2 aromatic rings. The van der Waals surface area contributed by atoms with Gasteiger partial charge in [-0.25, -0.2) is 0 Å². The standard InChI is InChI=1S/C14H18BrN5/c1-9-12(16)3-2-8-20(9)14-17-13(18-19-14)10-4-6-11(15)7-5-10/h4-7,9,12H,2-3,8,16H2,1H3,(H,17,18,19). The molecule has 0 radical (unpaired) electrons. The van der Waals surface area contributed by atoms with Crippen molar-refractivity contribution in [2.45, 2.75) is 31.8 Å². The van der Waals surface area contributed by atoms with Gasteiger partial charge in [0.1, 0.15) is 0 Å². The maximum absolute atomic E-state index is 6.13. The van der Waals surface area contributed by atoms with Crippen molar-refractivity contribution in [1.82, 2.24) is 15.2 Å². The minimum absolute atomic E-state index is 0.193. The van der Waals surface area contributed by atoms with E-state index in [1.54, 1.807) is 0 Å². The number of aromatic nitrogens is 3. The first-order chi connectivity index (χ1) is 9.65. The highest BCUT2D eigenvalue weighted by Gasteiger charge is 2.27. The van der Waals surface area contributed by atoms with Crippen LogP contribution in [-0.2, 0) is 0 Å². The van der Waals surface area contributed by atoms with E-state index in [-0.39, 0.29) is 12.1 Å². The number of hydrogen-bond donors (Lipinski definition) is 2. The van der Waals surface area contributed by atoms with Gasteiger partial charge in [-0.05, 0) is 31.9 Å². The van der Waals surface area contributed by atoms with Gasteiger partial charge in [0.15, 0.2) is 5.82 Å². The van der Waals surface area contributed by atoms with E-state index in [2.05, 4.69) is 42.9 Å². The lowest BCUT2D eigenvalue weighted by Gasteiger charge is -2.36. The normalized spacial score (nSPS) is 23.1. The van der Waals surface area contributed by atoms with Crippen molar-refractivity contribution in [3.05, 3.63) is 28.7 Å². The highest BCUT2D eigenvalue weighted by molar-refractivity contribution is 9.10. The van der Waals surface area contributed by atoms with Crippen LogP contribution in [0.15, 0.2) is 28.7 Å². The van der Waals surface area contributed by atoms with Gasteiger partial charge < -0.3 is 10.6 Å². The number of nitrogens with two attached hydrogens (primary N) is 1. The highest BCUT2D eigenvalue weighted by atomic mass is 79.9. The molecule has 0 amide bonds. The van der Waals surface area contributed by atoms with Crippen LogP contribution in [0.3, 0.4) is 0 Å². The Kier molecular flexibility index (Phi) is 3.76. The minimum atomic E-state index is 0.193. The van der Waals surface area contributed by atoms with Crippen molar-refractivity contribution in [2.75, 3.05) is 11.4 Å². The first-order valence-corrected chi connectivity index (χ1v) is 7.65. The van der Waals surface area contributed by atoms with Crippen LogP contribution in [0.1, 0.15) is 19.8 Å². The molecule has 0 aliphatic carbocycles. The molecular weight excluding hydrogens is 318 g/mol. The second-order valence-electron chi connectivity index (χ2n) is 5.23. The van der Waals surface area contributed by atoms with Crippen LogP contribution >= 0.6 is 15.9 Å². The zero-order valence-electron chi connectivity index (χ0n) is 11.4. The second-order valence-corrected chi connectivity index (χ2v) is 6.15. The van der Waals surface area contributed by atoms with Gasteiger partial charge in [-0.15, -0.1) is 5.10 Å². The van der Waals surface area contributed by atoms with Crippen molar-refractivity contribution in [1.29, 1.82) is 0 Å². The topological polar surface area (TPSA) is 70.8 Å². The number of rotatable bonds is 2. The molecule has 3 N–H and O–H groups in total. The summed E-state index contributed by atoms with van der Waals surface area (Å²) in [5, 5.41) is 7.36. The smallest absolute Gasteiger partial charge is 0.245 e. The maximum Gasteiger partial charge on any atom is 0.245 e. The Labute approximate surface area is 126 Å². The zero-order chi connectivity index (χ0) is 14.1. The van der Waals surface area contributed by atoms with Crippen molar-refractivity contribution >= 4 is 21.9 Å². The average molecular weight is 336 g/mol. The number of H-pyrrole nitrogens is 1. The Balaban J connectivity index is 1.84. The van der Waals surface area contributed by atoms with Crippen LogP contribution < -0.4 is 10.6 Å². The number of hydrogen-bond acceptors (Lipinski definition) is 4. The number of benzene rings is 1. The quantitative estimate of drug-likeness (QED) is 0.884. The van der Waals surface area contributed by atoms with Gasteiger partial charge >= 0.3 is 0 Å².